The molecule has 2 amide bonds. The number of carbonyl (C=O) groups excluding carboxylic acids is 3. The molecule has 8 nitrogen and oxygen atoms in total. The van der Waals surface area contributed by atoms with Gasteiger partial charge in [0.2, 0.25) is 5.91 Å². The summed E-state index contributed by atoms with van der Waals surface area (Å²) in [5.41, 5.74) is 0.391. The van der Waals surface area contributed by atoms with Crippen LogP contribution in [0.15, 0.2) is 24.3 Å². The number of nitrogens with zero attached hydrogens (tertiary/aromatic N) is 3. The van der Waals surface area contributed by atoms with Crippen molar-refractivity contribution in [3.63, 3.8) is 0 Å². The van der Waals surface area contributed by atoms with E-state index in [0.717, 1.165) is 31.2 Å². The SMILES string of the molecule is CCOC(=O)c1cc2n(n1)C[C@@](C)(C(=O)NC1CCCCCC1)N(c1ccc(Cl)cc1C)C2=O. The van der Waals surface area contributed by atoms with Gasteiger partial charge in [0.25, 0.3) is 5.91 Å². The van der Waals surface area contributed by atoms with Gasteiger partial charge >= 0.3 is 5.97 Å². The molecule has 2 aliphatic rings. The summed E-state index contributed by atoms with van der Waals surface area (Å²) in [6, 6.07) is 6.73. The van der Waals surface area contributed by atoms with Gasteiger partial charge in [-0.1, -0.05) is 37.3 Å². The maximum absolute atomic E-state index is 13.8. The van der Waals surface area contributed by atoms with Crippen molar-refractivity contribution >= 4 is 35.1 Å². The number of nitrogens with one attached hydrogen (secondary N) is 1. The first kappa shape index (κ1) is 24.3. The lowest BCUT2D eigenvalue weighted by Gasteiger charge is -2.44. The van der Waals surface area contributed by atoms with E-state index in [1.807, 2.05) is 6.92 Å². The van der Waals surface area contributed by atoms with Gasteiger partial charge in [-0.15, -0.1) is 0 Å². The average molecular weight is 487 g/mol. The first-order chi connectivity index (χ1) is 16.2. The Hall–Kier alpha value is -2.87. The average Bonchev–Trinajstić information content (AvgIpc) is 3.04. The normalized spacial score (nSPS) is 21.1. The molecule has 1 aromatic carbocycles. The second-order valence-electron chi connectivity index (χ2n) is 9.30. The molecule has 1 aliphatic heterocycles. The number of hydrogen-bond donors (Lipinski definition) is 1. The molecular formula is C25H31ClN4O4. The molecular weight excluding hydrogens is 456 g/mol. The van der Waals surface area contributed by atoms with Crippen molar-refractivity contribution in [1.29, 1.82) is 0 Å². The zero-order chi connectivity index (χ0) is 24.5. The predicted octanol–water partition coefficient (Wildman–Crippen LogP) is 4.28. The summed E-state index contributed by atoms with van der Waals surface area (Å²) in [4.78, 5) is 41.4. The van der Waals surface area contributed by atoms with Crippen LogP contribution in [0.4, 0.5) is 5.69 Å². The van der Waals surface area contributed by atoms with Crippen molar-refractivity contribution in [3.05, 3.63) is 46.2 Å². The Kier molecular flexibility index (Phi) is 6.98. The van der Waals surface area contributed by atoms with E-state index in [9.17, 15) is 14.4 Å². The van der Waals surface area contributed by atoms with Crippen LogP contribution < -0.4 is 10.2 Å². The number of aromatic nitrogens is 2. The third-order valence-electron chi connectivity index (χ3n) is 6.72. The summed E-state index contributed by atoms with van der Waals surface area (Å²) in [6.07, 6.45) is 6.35. The third-order valence-corrected chi connectivity index (χ3v) is 6.95. The maximum Gasteiger partial charge on any atom is 0.358 e. The Morgan fingerprint density at radius 2 is 1.91 bits per heavy atom. The number of carbonyl (C=O) groups is 3. The topological polar surface area (TPSA) is 93.5 Å². The lowest BCUT2D eigenvalue weighted by molar-refractivity contribution is -0.127. The van der Waals surface area contributed by atoms with Gasteiger partial charge in [0.1, 0.15) is 11.2 Å². The summed E-state index contributed by atoms with van der Waals surface area (Å²) in [5.74, 6) is -1.24. The minimum absolute atomic E-state index is 0.0476. The lowest BCUT2D eigenvalue weighted by atomic mass is 9.92. The lowest BCUT2D eigenvalue weighted by Crippen LogP contribution is -2.65. The molecule has 0 saturated heterocycles. The van der Waals surface area contributed by atoms with Gasteiger partial charge in [-0.3, -0.25) is 19.2 Å². The van der Waals surface area contributed by atoms with Crippen molar-refractivity contribution in [2.45, 2.75) is 77.4 Å². The van der Waals surface area contributed by atoms with E-state index in [1.54, 1.807) is 32.0 Å². The van der Waals surface area contributed by atoms with Crippen LogP contribution in [-0.2, 0) is 16.1 Å². The fourth-order valence-electron chi connectivity index (χ4n) is 4.90. The van der Waals surface area contributed by atoms with E-state index in [1.165, 1.54) is 28.5 Å². The summed E-state index contributed by atoms with van der Waals surface area (Å²) < 4.78 is 6.51. The van der Waals surface area contributed by atoms with E-state index < -0.39 is 17.4 Å². The number of halogens is 1. The molecule has 0 radical (unpaired) electrons. The van der Waals surface area contributed by atoms with Gasteiger partial charge in [0.15, 0.2) is 5.69 Å². The van der Waals surface area contributed by atoms with Gasteiger partial charge in [-0.2, -0.15) is 5.10 Å². The number of anilines is 1. The van der Waals surface area contributed by atoms with E-state index in [-0.39, 0.29) is 36.5 Å². The molecule has 4 rings (SSSR count). The highest BCUT2D eigenvalue weighted by Gasteiger charge is 2.50. The van der Waals surface area contributed by atoms with Gasteiger partial charge < -0.3 is 10.1 Å². The number of fused-ring (bicyclic) bond motifs is 1. The summed E-state index contributed by atoms with van der Waals surface area (Å²) in [7, 11) is 0. The van der Waals surface area contributed by atoms with Crippen molar-refractivity contribution in [2.24, 2.45) is 0 Å². The Morgan fingerprint density at radius 3 is 2.56 bits per heavy atom. The molecule has 2 heterocycles. The molecule has 0 unspecified atom stereocenters. The van der Waals surface area contributed by atoms with Crippen LogP contribution >= 0.6 is 11.6 Å². The molecule has 34 heavy (non-hydrogen) atoms. The zero-order valence-corrected chi connectivity index (χ0v) is 20.7. The van der Waals surface area contributed by atoms with Crippen molar-refractivity contribution < 1.29 is 19.1 Å². The van der Waals surface area contributed by atoms with Crippen molar-refractivity contribution in [1.82, 2.24) is 15.1 Å². The molecule has 9 heteroatoms. The second-order valence-corrected chi connectivity index (χ2v) is 9.74. The Morgan fingerprint density at radius 1 is 1.21 bits per heavy atom. The number of hydrogen-bond acceptors (Lipinski definition) is 5. The van der Waals surface area contributed by atoms with Crippen LogP contribution in [-0.4, -0.2) is 45.8 Å². The number of ether oxygens (including phenoxy) is 1. The standard InChI is InChI=1S/C25H31ClN4O4/c1-4-34-23(32)19-14-21-22(31)30(20-12-11-17(26)13-16(20)2)25(3,15-29(21)28-19)24(33)27-18-9-7-5-6-8-10-18/h11-14,18H,4-10,15H2,1-3H3,(H,27,33)/t25-/m0/s1. The van der Waals surface area contributed by atoms with Gasteiger partial charge in [-0.05, 0) is 57.4 Å². The molecule has 1 aliphatic carbocycles. The molecule has 1 atom stereocenters. The molecule has 1 N–H and O–H groups in total. The van der Waals surface area contributed by atoms with E-state index in [0.29, 0.717) is 10.7 Å². The number of rotatable bonds is 5. The fourth-order valence-corrected chi connectivity index (χ4v) is 5.12. The molecule has 0 bridgehead atoms. The monoisotopic (exact) mass is 486 g/mol. The summed E-state index contributed by atoms with van der Waals surface area (Å²) in [6.45, 7) is 5.62. The highest BCUT2D eigenvalue weighted by atomic mass is 35.5. The predicted molar refractivity (Wildman–Crippen MR) is 129 cm³/mol. The zero-order valence-electron chi connectivity index (χ0n) is 19.9. The highest BCUT2D eigenvalue weighted by molar-refractivity contribution is 6.30. The van der Waals surface area contributed by atoms with E-state index >= 15 is 0 Å². The van der Waals surface area contributed by atoms with Crippen LogP contribution in [0.3, 0.4) is 0 Å². The van der Waals surface area contributed by atoms with E-state index in [4.69, 9.17) is 16.3 Å². The van der Waals surface area contributed by atoms with Crippen LogP contribution in [0.25, 0.3) is 0 Å². The minimum atomic E-state index is -1.26. The van der Waals surface area contributed by atoms with Crippen LogP contribution in [0.5, 0.6) is 0 Å². The molecule has 1 saturated carbocycles. The molecule has 182 valence electrons. The molecule has 1 aromatic heterocycles. The molecule has 2 aromatic rings. The highest BCUT2D eigenvalue weighted by Crippen LogP contribution is 2.36. The number of esters is 1. The van der Waals surface area contributed by atoms with Crippen LogP contribution in [0, 0.1) is 6.92 Å². The Labute approximate surface area is 204 Å². The molecule has 0 spiro atoms. The number of aryl methyl sites for hydroxylation is 1. The van der Waals surface area contributed by atoms with Gasteiger partial charge in [-0.25, -0.2) is 4.79 Å². The third kappa shape index (κ3) is 4.56. The first-order valence-electron chi connectivity index (χ1n) is 11.9. The second kappa shape index (κ2) is 9.78. The minimum Gasteiger partial charge on any atom is -0.461 e. The van der Waals surface area contributed by atoms with Gasteiger partial charge in [0.05, 0.1) is 13.2 Å². The van der Waals surface area contributed by atoms with Gasteiger partial charge in [0, 0.05) is 22.8 Å². The quantitative estimate of drug-likeness (QED) is 0.503. The first-order valence-corrected chi connectivity index (χ1v) is 12.3. The fraction of sp³-hybridized carbons (Fsp3) is 0.520. The van der Waals surface area contributed by atoms with Crippen molar-refractivity contribution in [3.8, 4) is 0 Å². The summed E-state index contributed by atoms with van der Waals surface area (Å²) >= 11 is 6.17. The number of benzene rings is 1. The van der Waals surface area contributed by atoms with Crippen LogP contribution in [0.1, 0.15) is 78.9 Å². The Bertz CT molecular complexity index is 1110. The largest absolute Gasteiger partial charge is 0.461 e. The molecule has 1 fully saturated rings. The summed E-state index contributed by atoms with van der Waals surface area (Å²) in [5, 5.41) is 8.07. The smallest absolute Gasteiger partial charge is 0.358 e. The van der Waals surface area contributed by atoms with E-state index in [2.05, 4.69) is 10.4 Å². The Balaban J connectivity index is 1.76. The van der Waals surface area contributed by atoms with Crippen molar-refractivity contribution in [2.75, 3.05) is 11.5 Å². The maximum atomic E-state index is 13.8. The number of amides is 2. The van der Waals surface area contributed by atoms with Crippen LogP contribution in [0.2, 0.25) is 5.02 Å².